The van der Waals surface area contributed by atoms with Crippen LogP contribution in [-0.2, 0) is 11.2 Å². The summed E-state index contributed by atoms with van der Waals surface area (Å²) in [5, 5.41) is 10.5. The van der Waals surface area contributed by atoms with Crippen LogP contribution in [0, 0.1) is 0 Å². The Hall–Kier alpha value is -1.39. The lowest BCUT2D eigenvalue weighted by molar-refractivity contribution is -0.143. The molecule has 1 unspecified atom stereocenters. The molecule has 1 atom stereocenters. The maximum Gasteiger partial charge on any atom is 0.322 e. The average molecular weight is 222 g/mol. The Kier molecular flexibility index (Phi) is 4.95. The number of carbonyl (C=O) groups is 1. The quantitative estimate of drug-likeness (QED) is 0.562. The molecule has 0 fully saturated rings. The van der Waals surface area contributed by atoms with E-state index < -0.39 is 12.0 Å². The van der Waals surface area contributed by atoms with Crippen LogP contribution in [0.3, 0.4) is 0 Å². The van der Waals surface area contributed by atoms with Crippen LogP contribution in [0.15, 0.2) is 30.3 Å². The monoisotopic (exact) mass is 222 g/mol. The second-order valence-electron chi connectivity index (χ2n) is 3.78. The number of nitrogens with two attached hydrogens (primary N) is 1. The van der Waals surface area contributed by atoms with Gasteiger partial charge in [0, 0.05) is 6.54 Å². The smallest absolute Gasteiger partial charge is 0.322 e. The van der Waals surface area contributed by atoms with E-state index in [0.29, 0.717) is 13.0 Å². The predicted molar refractivity (Wildman–Crippen MR) is 62.8 cm³/mol. The van der Waals surface area contributed by atoms with E-state index in [4.69, 9.17) is 10.9 Å². The summed E-state index contributed by atoms with van der Waals surface area (Å²) in [5.74, 6) is 4.85. The third-order valence-corrected chi connectivity index (χ3v) is 2.44. The Morgan fingerprint density at radius 3 is 2.56 bits per heavy atom. The van der Waals surface area contributed by atoms with Gasteiger partial charge in [0.15, 0.2) is 0 Å². The zero-order valence-corrected chi connectivity index (χ0v) is 9.47. The second kappa shape index (κ2) is 6.25. The molecule has 0 aliphatic heterocycles. The average Bonchev–Trinajstić information content (AvgIpc) is 2.27. The van der Waals surface area contributed by atoms with Crippen LogP contribution in [0.1, 0.15) is 18.9 Å². The summed E-state index contributed by atoms with van der Waals surface area (Å²) in [7, 11) is 0. The number of benzene rings is 1. The van der Waals surface area contributed by atoms with Crippen molar-refractivity contribution in [2.24, 2.45) is 5.84 Å². The van der Waals surface area contributed by atoms with Crippen LogP contribution >= 0.6 is 0 Å². The molecule has 16 heavy (non-hydrogen) atoms. The summed E-state index contributed by atoms with van der Waals surface area (Å²) in [6.07, 6.45) is 1.28. The summed E-state index contributed by atoms with van der Waals surface area (Å²) in [4.78, 5) is 11.1. The standard InChI is InChI=1S/C12H18N2O2/c1-2-8-14(13)11(12(15)16)9-10-6-4-3-5-7-10/h3-7,11H,2,8-9,13H2,1H3,(H,15,16). The molecule has 1 rings (SSSR count). The third kappa shape index (κ3) is 3.64. The van der Waals surface area contributed by atoms with Gasteiger partial charge in [0.25, 0.3) is 0 Å². The maximum atomic E-state index is 11.1. The number of hydrogen-bond acceptors (Lipinski definition) is 3. The van der Waals surface area contributed by atoms with E-state index >= 15 is 0 Å². The summed E-state index contributed by atoms with van der Waals surface area (Å²) >= 11 is 0. The minimum Gasteiger partial charge on any atom is -0.480 e. The number of aliphatic carboxylic acids is 1. The fourth-order valence-corrected chi connectivity index (χ4v) is 1.60. The molecule has 4 heteroatoms. The predicted octanol–water partition coefficient (Wildman–Crippen LogP) is 1.27. The SMILES string of the molecule is CCCN(N)C(Cc1ccccc1)C(=O)O. The summed E-state index contributed by atoms with van der Waals surface area (Å²) < 4.78 is 0. The van der Waals surface area contributed by atoms with Crippen molar-refractivity contribution in [3.63, 3.8) is 0 Å². The van der Waals surface area contributed by atoms with Crippen molar-refractivity contribution in [2.75, 3.05) is 6.54 Å². The Balaban J connectivity index is 2.69. The van der Waals surface area contributed by atoms with Gasteiger partial charge in [-0.25, -0.2) is 5.01 Å². The lowest BCUT2D eigenvalue weighted by Gasteiger charge is -2.23. The maximum absolute atomic E-state index is 11.1. The van der Waals surface area contributed by atoms with Gasteiger partial charge in [-0.3, -0.25) is 10.6 Å². The van der Waals surface area contributed by atoms with Gasteiger partial charge in [-0.15, -0.1) is 0 Å². The number of carboxylic acids is 1. The van der Waals surface area contributed by atoms with Crippen molar-refractivity contribution < 1.29 is 9.90 Å². The molecular formula is C12H18N2O2. The zero-order chi connectivity index (χ0) is 12.0. The minimum atomic E-state index is -0.875. The van der Waals surface area contributed by atoms with E-state index in [1.165, 1.54) is 5.01 Å². The molecule has 0 amide bonds. The highest BCUT2D eigenvalue weighted by Crippen LogP contribution is 2.07. The molecule has 0 bridgehead atoms. The van der Waals surface area contributed by atoms with Crippen molar-refractivity contribution in [1.29, 1.82) is 0 Å². The van der Waals surface area contributed by atoms with E-state index in [-0.39, 0.29) is 0 Å². The number of hydrazine groups is 1. The molecule has 1 aromatic rings. The number of carboxylic acid groups (broad SMARTS) is 1. The molecule has 0 aliphatic rings. The molecule has 4 nitrogen and oxygen atoms in total. The molecule has 3 N–H and O–H groups in total. The summed E-state index contributed by atoms with van der Waals surface area (Å²) in [5.41, 5.74) is 0.987. The Morgan fingerprint density at radius 2 is 2.06 bits per heavy atom. The Labute approximate surface area is 95.6 Å². The molecule has 0 saturated heterocycles. The normalized spacial score (nSPS) is 12.7. The number of rotatable bonds is 6. The highest BCUT2D eigenvalue weighted by molar-refractivity contribution is 5.73. The van der Waals surface area contributed by atoms with Crippen LogP contribution in [0.4, 0.5) is 0 Å². The van der Waals surface area contributed by atoms with Crippen LogP contribution in [0.2, 0.25) is 0 Å². The molecule has 88 valence electrons. The van der Waals surface area contributed by atoms with E-state index in [1.807, 2.05) is 37.3 Å². The lowest BCUT2D eigenvalue weighted by Crippen LogP contribution is -2.47. The first-order chi connectivity index (χ1) is 7.65. The molecular weight excluding hydrogens is 204 g/mol. The van der Waals surface area contributed by atoms with Crippen molar-refractivity contribution in [2.45, 2.75) is 25.8 Å². The molecule has 0 spiro atoms. The minimum absolute atomic E-state index is 0.437. The van der Waals surface area contributed by atoms with Crippen LogP contribution in [0.25, 0.3) is 0 Å². The van der Waals surface area contributed by atoms with Crippen molar-refractivity contribution in [3.05, 3.63) is 35.9 Å². The van der Waals surface area contributed by atoms with Crippen molar-refractivity contribution in [1.82, 2.24) is 5.01 Å². The van der Waals surface area contributed by atoms with Gasteiger partial charge in [0.1, 0.15) is 6.04 Å². The van der Waals surface area contributed by atoms with Crippen LogP contribution < -0.4 is 5.84 Å². The van der Waals surface area contributed by atoms with Crippen molar-refractivity contribution in [3.8, 4) is 0 Å². The Morgan fingerprint density at radius 1 is 1.44 bits per heavy atom. The first kappa shape index (κ1) is 12.7. The van der Waals surface area contributed by atoms with E-state index in [0.717, 1.165) is 12.0 Å². The highest BCUT2D eigenvalue weighted by atomic mass is 16.4. The topological polar surface area (TPSA) is 66.6 Å². The van der Waals surface area contributed by atoms with Crippen LogP contribution in [-0.4, -0.2) is 28.7 Å². The van der Waals surface area contributed by atoms with Crippen LogP contribution in [0.5, 0.6) is 0 Å². The zero-order valence-electron chi connectivity index (χ0n) is 9.47. The molecule has 1 aromatic carbocycles. The number of nitrogens with zero attached hydrogens (tertiary/aromatic N) is 1. The van der Waals surface area contributed by atoms with E-state index in [9.17, 15) is 4.79 Å². The van der Waals surface area contributed by atoms with E-state index in [2.05, 4.69) is 0 Å². The van der Waals surface area contributed by atoms with Gasteiger partial charge < -0.3 is 5.11 Å². The highest BCUT2D eigenvalue weighted by Gasteiger charge is 2.22. The third-order valence-electron chi connectivity index (χ3n) is 2.44. The molecule has 0 heterocycles. The van der Waals surface area contributed by atoms with Gasteiger partial charge in [0.05, 0.1) is 0 Å². The summed E-state index contributed by atoms with van der Waals surface area (Å²) in [6, 6.07) is 8.88. The Bertz CT molecular complexity index is 327. The molecule has 0 aliphatic carbocycles. The van der Waals surface area contributed by atoms with Crippen molar-refractivity contribution >= 4 is 5.97 Å². The first-order valence-corrected chi connectivity index (χ1v) is 5.43. The van der Waals surface area contributed by atoms with Gasteiger partial charge in [-0.2, -0.15) is 0 Å². The fraction of sp³-hybridized carbons (Fsp3) is 0.417. The summed E-state index contributed by atoms with van der Waals surface area (Å²) in [6.45, 7) is 2.56. The first-order valence-electron chi connectivity index (χ1n) is 5.43. The lowest BCUT2D eigenvalue weighted by atomic mass is 10.1. The van der Waals surface area contributed by atoms with Gasteiger partial charge in [-0.1, -0.05) is 37.3 Å². The largest absolute Gasteiger partial charge is 0.480 e. The number of hydrogen-bond donors (Lipinski definition) is 2. The van der Waals surface area contributed by atoms with Gasteiger partial charge in [0.2, 0.25) is 0 Å². The fourth-order valence-electron chi connectivity index (χ4n) is 1.60. The molecule has 0 aromatic heterocycles. The van der Waals surface area contributed by atoms with Gasteiger partial charge >= 0.3 is 5.97 Å². The van der Waals surface area contributed by atoms with E-state index in [1.54, 1.807) is 0 Å². The second-order valence-corrected chi connectivity index (χ2v) is 3.78. The molecule has 0 saturated carbocycles. The molecule has 0 radical (unpaired) electrons. The van der Waals surface area contributed by atoms with Gasteiger partial charge in [-0.05, 0) is 18.4 Å².